The molecule has 2 N–H and O–H groups in total. The van der Waals surface area contributed by atoms with Crippen molar-refractivity contribution < 1.29 is 9.59 Å². The third-order valence-corrected chi connectivity index (χ3v) is 4.46. The van der Waals surface area contributed by atoms with Crippen molar-refractivity contribution in [2.24, 2.45) is 0 Å². The van der Waals surface area contributed by atoms with Gasteiger partial charge in [0.15, 0.2) is 0 Å². The fourth-order valence-electron chi connectivity index (χ4n) is 3.01. The lowest BCUT2D eigenvalue weighted by Crippen LogP contribution is -2.30. The number of carbonyl (C=O) groups excluding carboxylic acids is 2. The van der Waals surface area contributed by atoms with Gasteiger partial charge < -0.3 is 15.5 Å². The van der Waals surface area contributed by atoms with Gasteiger partial charge in [0, 0.05) is 43.5 Å². The Morgan fingerprint density at radius 2 is 1.81 bits per heavy atom. The van der Waals surface area contributed by atoms with Gasteiger partial charge in [-0.05, 0) is 42.3 Å². The first kappa shape index (κ1) is 17.7. The van der Waals surface area contributed by atoms with E-state index in [1.807, 2.05) is 47.4 Å². The Balaban J connectivity index is 1.53. The summed E-state index contributed by atoms with van der Waals surface area (Å²) in [6.45, 7) is 1.46. The van der Waals surface area contributed by atoms with Gasteiger partial charge in [-0.1, -0.05) is 30.3 Å². The summed E-state index contributed by atoms with van der Waals surface area (Å²) in [5.41, 5.74) is 2.58. The van der Waals surface area contributed by atoms with Crippen molar-refractivity contribution in [1.82, 2.24) is 10.2 Å². The lowest BCUT2D eigenvalue weighted by atomic mass is 10.1. The minimum Gasteiger partial charge on any atom is -0.380 e. The Labute approximate surface area is 153 Å². The van der Waals surface area contributed by atoms with Gasteiger partial charge in [0.05, 0.1) is 0 Å². The summed E-state index contributed by atoms with van der Waals surface area (Å²) < 4.78 is 0. The molecule has 5 heteroatoms. The zero-order valence-corrected chi connectivity index (χ0v) is 14.8. The Kier molecular flexibility index (Phi) is 5.69. The van der Waals surface area contributed by atoms with Gasteiger partial charge >= 0.3 is 0 Å². The highest BCUT2D eigenvalue weighted by molar-refractivity contribution is 5.95. The third kappa shape index (κ3) is 4.51. The van der Waals surface area contributed by atoms with Gasteiger partial charge in [0.2, 0.25) is 5.91 Å². The van der Waals surface area contributed by atoms with Gasteiger partial charge in [0.25, 0.3) is 5.91 Å². The SMILES string of the molecule is CNC(=O)c1ccc(C=CC(=O)N2CCC(Nc3ccccc3)C2)cc1. The summed E-state index contributed by atoms with van der Waals surface area (Å²) in [6, 6.07) is 17.5. The minimum absolute atomic E-state index is 0.0118. The maximum absolute atomic E-state index is 12.4. The van der Waals surface area contributed by atoms with Gasteiger partial charge in [0.1, 0.15) is 0 Å². The number of nitrogens with one attached hydrogen (secondary N) is 2. The number of hydrogen-bond acceptors (Lipinski definition) is 3. The number of benzene rings is 2. The van der Waals surface area contributed by atoms with E-state index in [-0.39, 0.29) is 17.9 Å². The van der Waals surface area contributed by atoms with Crippen molar-refractivity contribution in [1.29, 1.82) is 0 Å². The molecule has 26 heavy (non-hydrogen) atoms. The molecule has 0 spiro atoms. The largest absolute Gasteiger partial charge is 0.380 e. The fraction of sp³-hybridized carbons (Fsp3) is 0.238. The van der Waals surface area contributed by atoms with Gasteiger partial charge in [-0.3, -0.25) is 9.59 Å². The predicted molar refractivity (Wildman–Crippen MR) is 104 cm³/mol. The number of carbonyl (C=O) groups is 2. The second-order valence-electron chi connectivity index (χ2n) is 6.31. The molecule has 1 heterocycles. The van der Waals surface area contributed by atoms with Crippen LogP contribution in [0.4, 0.5) is 5.69 Å². The van der Waals surface area contributed by atoms with E-state index < -0.39 is 0 Å². The molecule has 3 rings (SSSR count). The molecular formula is C21H23N3O2. The van der Waals surface area contributed by atoms with Gasteiger partial charge in [-0.15, -0.1) is 0 Å². The molecule has 1 fully saturated rings. The van der Waals surface area contributed by atoms with E-state index >= 15 is 0 Å². The average molecular weight is 349 g/mol. The van der Waals surface area contributed by atoms with Crippen LogP contribution < -0.4 is 10.6 Å². The smallest absolute Gasteiger partial charge is 0.251 e. The van der Waals surface area contributed by atoms with Gasteiger partial charge in [-0.25, -0.2) is 0 Å². The molecule has 0 aromatic heterocycles. The quantitative estimate of drug-likeness (QED) is 0.816. The Hall–Kier alpha value is -3.08. The lowest BCUT2D eigenvalue weighted by molar-refractivity contribution is -0.124. The molecule has 2 amide bonds. The highest BCUT2D eigenvalue weighted by Crippen LogP contribution is 2.16. The van der Waals surface area contributed by atoms with Crippen LogP contribution in [0.5, 0.6) is 0 Å². The van der Waals surface area contributed by atoms with Crippen LogP contribution in [0.25, 0.3) is 6.08 Å². The van der Waals surface area contributed by atoms with E-state index in [1.165, 1.54) is 0 Å². The second kappa shape index (κ2) is 8.34. The molecule has 0 aliphatic carbocycles. The number of amides is 2. The maximum atomic E-state index is 12.4. The Bertz CT molecular complexity index is 785. The zero-order chi connectivity index (χ0) is 18.4. The number of likely N-dealkylation sites (tertiary alicyclic amines) is 1. The van der Waals surface area contributed by atoms with Crippen molar-refractivity contribution in [3.8, 4) is 0 Å². The summed E-state index contributed by atoms with van der Waals surface area (Å²) in [5, 5.41) is 6.05. The first-order valence-electron chi connectivity index (χ1n) is 8.76. The molecule has 1 aliphatic rings. The molecule has 134 valence electrons. The zero-order valence-electron chi connectivity index (χ0n) is 14.8. The standard InChI is InChI=1S/C21H23N3O2/c1-22-21(26)17-10-7-16(8-11-17)9-12-20(25)24-14-13-19(15-24)23-18-5-3-2-4-6-18/h2-12,19,23H,13-15H2,1H3,(H,22,26). The van der Waals surface area contributed by atoms with Gasteiger partial charge in [-0.2, -0.15) is 0 Å². The van der Waals surface area contributed by atoms with Crippen LogP contribution in [-0.4, -0.2) is 42.9 Å². The molecule has 5 nitrogen and oxygen atoms in total. The van der Waals surface area contributed by atoms with Crippen LogP contribution in [-0.2, 0) is 4.79 Å². The van der Waals surface area contributed by atoms with E-state index in [1.54, 1.807) is 31.3 Å². The van der Waals surface area contributed by atoms with Crippen molar-refractivity contribution >= 4 is 23.6 Å². The van der Waals surface area contributed by atoms with Crippen molar-refractivity contribution in [3.63, 3.8) is 0 Å². The van der Waals surface area contributed by atoms with Crippen LogP contribution in [0.1, 0.15) is 22.3 Å². The Morgan fingerprint density at radius 1 is 1.08 bits per heavy atom. The lowest BCUT2D eigenvalue weighted by Gasteiger charge is -2.16. The molecule has 2 aromatic rings. The normalized spacial score (nSPS) is 16.7. The minimum atomic E-state index is -0.120. The van der Waals surface area contributed by atoms with E-state index in [2.05, 4.69) is 10.6 Å². The molecule has 1 saturated heterocycles. The molecule has 1 atom stereocenters. The van der Waals surface area contributed by atoms with E-state index in [4.69, 9.17) is 0 Å². The predicted octanol–water partition coefficient (Wildman–Crippen LogP) is 2.77. The highest BCUT2D eigenvalue weighted by atomic mass is 16.2. The van der Waals surface area contributed by atoms with Crippen LogP contribution >= 0.6 is 0 Å². The fourth-order valence-corrected chi connectivity index (χ4v) is 3.01. The monoisotopic (exact) mass is 349 g/mol. The van der Waals surface area contributed by atoms with Crippen LogP contribution in [0.2, 0.25) is 0 Å². The van der Waals surface area contributed by atoms with Crippen molar-refractivity contribution in [2.75, 3.05) is 25.5 Å². The number of nitrogens with zero attached hydrogens (tertiary/aromatic N) is 1. The molecule has 0 saturated carbocycles. The summed E-state index contributed by atoms with van der Waals surface area (Å²) in [4.78, 5) is 25.8. The van der Waals surface area contributed by atoms with Crippen LogP contribution in [0.3, 0.4) is 0 Å². The molecule has 1 unspecified atom stereocenters. The highest BCUT2D eigenvalue weighted by Gasteiger charge is 2.24. The van der Waals surface area contributed by atoms with Crippen molar-refractivity contribution in [3.05, 3.63) is 71.8 Å². The van der Waals surface area contributed by atoms with E-state index in [0.717, 1.165) is 24.2 Å². The first-order chi connectivity index (χ1) is 12.7. The average Bonchev–Trinajstić information content (AvgIpc) is 3.15. The topological polar surface area (TPSA) is 61.4 Å². The number of para-hydroxylation sites is 1. The first-order valence-corrected chi connectivity index (χ1v) is 8.76. The summed E-state index contributed by atoms with van der Waals surface area (Å²) in [6.07, 6.45) is 4.32. The van der Waals surface area contributed by atoms with E-state index in [9.17, 15) is 9.59 Å². The molecule has 0 radical (unpaired) electrons. The molecule has 0 bridgehead atoms. The summed E-state index contributed by atoms with van der Waals surface area (Å²) in [5.74, 6) is -0.108. The molecule has 1 aliphatic heterocycles. The van der Waals surface area contributed by atoms with Crippen LogP contribution in [0.15, 0.2) is 60.7 Å². The van der Waals surface area contributed by atoms with Crippen LogP contribution in [0, 0.1) is 0 Å². The number of rotatable bonds is 5. The molecule has 2 aromatic carbocycles. The van der Waals surface area contributed by atoms with Crippen molar-refractivity contribution in [2.45, 2.75) is 12.5 Å². The summed E-state index contributed by atoms with van der Waals surface area (Å²) >= 11 is 0. The Morgan fingerprint density at radius 3 is 2.50 bits per heavy atom. The molecular weight excluding hydrogens is 326 g/mol. The summed E-state index contributed by atoms with van der Waals surface area (Å²) in [7, 11) is 1.60. The number of hydrogen-bond donors (Lipinski definition) is 2. The van der Waals surface area contributed by atoms with E-state index in [0.29, 0.717) is 12.1 Å². The number of anilines is 1. The second-order valence-corrected chi connectivity index (χ2v) is 6.31. The third-order valence-electron chi connectivity index (χ3n) is 4.46. The maximum Gasteiger partial charge on any atom is 0.251 e.